The number of nitrogens with zero attached hydrogens (tertiary/aromatic N) is 2. The van der Waals surface area contributed by atoms with Crippen molar-refractivity contribution in [2.75, 3.05) is 13.1 Å². The lowest BCUT2D eigenvalue weighted by Gasteiger charge is -2.37. The molecule has 2 unspecified atom stereocenters. The van der Waals surface area contributed by atoms with Crippen LogP contribution in [0.5, 0.6) is 0 Å². The van der Waals surface area contributed by atoms with Crippen molar-refractivity contribution in [2.45, 2.75) is 45.1 Å². The highest BCUT2D eigenvalue weighted by molar-refractivity contribution is 5.99. The molecule has 1 fully saturated rings. The Morgan fingerprint density at radius 3 is 2.55 bits per heavy atom. The molecule has 0 aromatic heterocycles. The van der Waals surface area contributed by atoms with Crippen molar-refractivity contribution in [1.29, 1.82) is 0 Å². The second kappa shape index (κ2) is 8.48. The summed E-state index contributed by atoms with van der Waals surface area (Å²) in [6.45, 7) is 5.92. The number of carboxylic acid groups (broad SMARTS) is 1. The van der Waals surface area contributed by atoms with Gasteiger partial charge in [-0.05, 0) is 45.7 Å². The SMILES string of the molecule is CC1=C(C(=O)O)C(c2cccc([N+](=O)[O-])c2)C(C(=O)OC2(C)CCCNC2)=C(C)N1O. The van der Waals surface area contributed by atoms with Gasteiger partial charge in [-0.15, -0.1) is 0 Å². The molecule has 1 aromatic carbocycles. The lowest BCUT2D eigenvalue weighted by molar-refractivity contribution is -0.384. The number of esters is 1. The van der Waals surface area contributed by atoms with Crippen LogP contribution in [0.15, 0.2) is 46.8 Å². The predicted octanol–water partition coefficient (Wildman–Crippen LogP) is 2.70. The first-order valence-corrected chi connectivity index (χ1v) is 9.88. The quantitative estimate of drug-likeness (QED) is 0.364. The molecular weight excluding hydrogens is 406 g/mol. The molecule has 10 nitrogen and oxygen atoms in total. The van der Waals surface area contributed by atoms with E-state index in [0.29, 0.717) is 18.0 Å². The van der Waals surface area contributed by atoms with Gasteiger partial charge in [0, 0.05) is 18.7 Å². The number of carboxylic acids is 1. The minimum absolute atomic E-state index is 0.0172. The molecule has 2 aliphatic heterocycles. The van der Waals surface area contributed by atoms with E-state index in [0.717, 1.165) is 13.0 Å². The van der Waals surface area contributed by atoms with Crippen molar-refractivity contribution >= 4 is 17.6 Å². The number of benzene rings is 1. The van der Waals surface area contributed by atoms with Gasteiger partial charge in [-0.2, -0.15) is 0 Å². The molecule has 0 saturated carbocycles. The molecule has 3 rings (SSSR count). The second-order valence-electron chi connectivity index (χ2n) is 8.02. The Labute approximate surface area is 178 Å². The van der Waals surface area contributed by atoms with Gasteiger partial charge < -0.3 is 15.2 Å². The third-order valence-corrected chi connectivity index (χ3v) is 5.75. The predicted molar refractivity (Wildman–Crippen MR) is 109 cm³/mol. The number of ether oxygens (including phenoxy) is 1. The van der Waals surface area contributed by atoms with Crippen LogP contribution in [0.25, 0.3) is 0 Å². The van der Waals surface area contributed by atoms with E-state index in [-0.39, 0.29) is 33.8 Å². The number of nitro groups is 1. The normalized spacial score (nSPS) is 24.3. The van der Waals surface area contributed by atoms with Gasteiger partial charge >= 0.3 is 11.9 Å². The average molecular weight is 431 g/mol. The molecule has 0 spiro atoms. The van der Waals surface area contributed by atoms with Gasteiger partial charge in [0.05, 0.1) is 33.4 Å². The van der Waals surface area contributed by atoms with E-state index in [1.54, 1.807) is 6.92 Å². The van der Waals surface area contributed by atoms with Crippen LogP contribution in [0.4, 0.5) is 5.69 Å². The van der Waals surface area contributed by atoms with E-state index >= 15 is 0 Å². The number of allylic oxidation sites excluding steroid dienone is 2. The van der Waals surface area contributed by atoms with Crippen molar-refractivity contribution < 1.29 is 29.6 Å². The maximum absolute atomic E-state index is 13.3. The van der Waals surface area contributed by atoms with Crippen molar-refractivity contribution in [1.82, 2.24) is 10.4 Å². The Bertz CT molecular complexity index is 992. The highest BCUT2D eigenvalue weighted by Gasteiger charge is 2.42. The summed E-state index contributed by atoms with van der Waals surface area (Å²) in [5, 5.41) is 35.5. The first kappa shape index (κ1) is 22.4. The van der Waals surface area contributed by atoms with Crippen LogP contribution in [-0.4, -0.2) is 50.9 Å². The topological polar surface area (TPSA) is 142 Å². The van der Waals surface area contributed by atoms with E-state index in [1.807, 2.05) is 0 Å². The number of rotatable bonds is 5. The number of hydrogen-bond acceptors (Lipinski definition) is 8. The lowest BCUT2D eigenvalue weighted by atomic mass is 9.80. The molecule has 10 heteroatoms. The number of carbonyl (C=O) groups is 2. The average Bonchev–Trinajstić information content (AvgIpc) is 2.71. The Morgan fingerprint density at radius 2 is 1.97 bits per heavy atom. The fraction of sp³-hybridized carbons (Fsp3) is 0.429. The zero-order valence-corrected chi connectivity index (χ0v) is 17.5. The largest absolute Gasteiger partial charge is 0.478 e. The smallest absolute Gasteiger partial charge is 0.337 e. The van der Waals surface area contributed by atoms with Crippen LogP contribution in [0.1, 0.15) is 45.1 Å². The summed E-state index contributed by atoms with van der Waals surface area (Å²) in [4.78, 5) is 36.1. The van der Waals surface area contributed by atoms with Crippen LogP contribution >= 0.6 is 0 Å². The highest BCUT2D eigenvalue weighted by atomic mass is 16.6. The highest BCUT2D eigenvalue weighted by Crippen LogP contribution is 2.43. The molecule has 166 valence electrons. The molecular formula is C21H25N3O7. The minimum Gasteiger partial charge on any atom is -0.478 e. The van der Waals surface area contributed by atoms with Crippen LogP contribution in [0.2, 0.25) is 0 Å². The first-order chi connectivity index (χ1) is 14.6. The fourth-order valence-electron chi connectivity index (χ4n) is 4.13. The Morgan fingerprint density at radius 1 is 1.29 bits per heavy atom. The van der Waals surface area contributed by atoms with Gasteiger partial charge in [0.25, 0.3) is 5.69 Å². The fourth-order valence-corrected chi connectivity index (χ4v) is 4.13. The van der Waals surface area contributed by atoms with Crippen molar-refractivity contribution in [3.05, 3.63) is 62.5 Å². The summed E-state index contributed by atoms with van der Waals surface area (Å²) >= 11 is 0. The number of aliphatic carboxylic acids is 1. The van der Waals surface area contributed by atoms with E-state index in [2.05, 4.69) is 5.32 Å². The summed E-state index contributed by atoms with van der Waals surface area (Å²) in [5.41, 5.74) is -0.988. The number of hydroxylamine groups is 2. The summed E-state index contributed by atoms with van der Waals surface area (Å²) in [7, 11) is 0. The molecule has 1 aromatic rings. The third-order valence-electron chi connectivity index (χ3n) is 5.75. The molecule has 2 aliphatic rings. The maximum atomic E-state index is 13.3. The van der Waals surface area contributed by atoms with Crippen molar-refractivity contribution in [2.24, 2.45) is 0 Å². The Hall–Kier alpha value is -3.24. The first-order valence-electron chi connectivity index (χ1n) is 9.88. The zero-order valence-electron chi connectivity index (χ0n) is 17.5. The van der Waals surface area contributed by atoms with E-state index < -0.39 is 28.4 Å². The molecule has 0 bridgehead atoms. The van der Waals surface area contributed by atoms with Crippen molar-refractivity contribution in [3.63, 3.8) is 0 Å². The van der Waals surface area contributed by atoms with Gasteiger partial charge in [0.15, 0.2) is 0 Å². The number of hydrogen-bond donors (Lipinski definition) is 3. The number of nitrogens with one attached hydrogen (secondary N) is 1. The van der Waals surface area contributed by atoms with Gasteiger partial charge in [-0.25, -0.2) is 14.7 Å². The molecule has 2 heterocycles. The Balaban J connectivity index is 2.13. The molecule has 0 aliphatic carbocycles. The molecule has 0 radical (unpaired) electrons. The van der Waals surface area contributed by atoms with Crippen LogP contribution in [0.3, 0.4) is 0 Å². The summed E-state index contributed by atoms with van der Waals surface area (Å²) in [6.07, 6.45) is 1.44. The molecule has 2 atom stereocenters. The summed E-state index contributed by atoms with van der Waals surface area (Å²) in [6, 6.07) is 5.47. The van der Waals surface area contributed by atoms with Crippen molar-refractivity contribution in [3.8, 4) is 0 Å². The van der Waals surface area contributed by atoms with Crippen LogP contribution in [-0.2, 0) is 14.3 Å². The maximum Gasteiger partial charge on any atom is 0.337 e. The van der Waals surface area contributed by atoms with Gasteiger partial charge in [-0.3, -0.25) is 15.3 Å². The Kier molecular flexibility index (Phi) is 6.14. The number of non-ortho nitro benzene ring substituents is 1. The number of piperidine rings is 1. The summed E-state index contributed by atoms with van der Waals surface area (Å²) in [5.74, 6) is -3.27. The number of nitro benzene ring substituents is 1. The van der Waals surface area contributed by atoms with Gasteiger partial charge in [0.1, 0.15) is 5.60 Å². The number of carbonyl (C=O) groups excluding carboxylic acids is 1. The van der Waals surface area contributed by atoms with E-state index in [1.165, 1.54) is 38.1 Å². The molecule has 0 amide bonds. The van der Waals surface area contributed by atoms with Gasteiger partial charge in [0.2, 0.25) is 0 Å². The van der Waals surface area contributed by atoms with Crippen LogP contribution in [0, 0.1) is 10.1 Å². The minimum atomic E-state index is -1.35. The monoisotopic (exact) mass is 431 g/mol. The molecule has 3 N–H and O–H groups in total. The molecule has 1 saturated heterocycles. The van der Waals surface area contributed by atoms with E-state index in [9.17, 15) is 30.0 Å². The van der Waals surface area contributed by atoms with Crippen LogP contribution < -0.4 is 5.32 Å². The molecule has 31 heavy (non-hydrogen) atoms. The zero-order chi connectivity index (χ0) is 22.9. The summed E-state index contributed by atoms with van der Waals surface area (Å²) < 4.78 is 5.78. The lowest BCUT2D eigenvalue weighted by Crippen LogP contribution is -2.47. The van der Waals surface area contributed by atoms with Gasteiger partial charge in [-0.1, -0.05) is 12.1 Å². The second-order valence-corrected chi connectivity index (χ2v) is 8.02. The standard InChI is InChI=1S/C21H25N3O7/c1-12-16(19(25)26)18(14-6-4-7-15(10-14)24(29)30)17(13(2)23(12)28)20(27)31-21(3)8-5-9-22-11-21/h4,6-7,10,18,22,28H,5,8-9,11H2,1-3H3,(H,25,26). The van der Waals surface area contributed by atoms with E-state index in [4.69, 9.17) is 4.74 Å². The third kappa shape index (κ3) is 4.30.